The molecular weight excluding hydrogens is 593 g/mol. The third-order valence-corrected chi connectivity index (χ3v) is 10.6. The Morgan fingerprint density at radius 3 is 2.33 bits per heavy atom. The van der Waals surface area contributed by atoms with Crippen LogP contribution in [0.1, 0.15) is 91.3 Å². The van der Waals surface area contributed by atoms with Crippen LogP contribution in [0, 0.1) is 23.7 Å². The fraction of sp³-hybridized carbons (Fsp3) is 0.606. The van der Waals surface area contributed by atoms with Gasteiger partial charge in [0.25, 0.3) is 5.91 Å². The largest absolute Gasteiger partial charge is 0.511 e. The minimum atomic E-state index is -4.86. The topological polar surface area (TPSA) is 161 Å². The van der Waals surface area contributed by atoms with Crippen molar-refractivity contribution in [3.63, 3.8) is 0 Å². The summed E-state index contributed by atoms with van der Waals surface area (Å²) in [5.41, 5.74) is -1.08. The van der Waals surface area contributed by atoms with Gasteiger partial charge in [0.1, 0.15) is 22.8 Å². The van der Waals surface area contributed by atoms with Gasteiger partial charge in [-0.1, -0.05) is 32.1 Å². The van der Waals surface area contributed by atoms with Gasteiger partial charge >= 0.3 is 6.18 Å². The number of nitrogens with zero attached hydrogens (tertiary/aromatic N) is 1. The van der Waals surface area contributed by atoms with Crippen molar-refractivity contribution in [3.05, 3.63) is 51.0 Å². The zero-order valence-electron chi connectivity index (χ0n) is 25.0. The van der Waals surface area contributed by atoms with Crippen molar-refractivity contribution in [3.8, 4) is 5.75 Å². The number of aromatic hydroxyl groups is 1. The minimum Gasteiger partial charge on any atom is -0.511 e. The number of allylic oxidation sites excluding steroid dienone is 2. The molecule has 1 amide bonds. The summed E-state index contributed by atoms with van der Waals surface area (Å²) in [4.78, 5) is 40.8. The van der Waals surface area contributed by atoms with Crippen LogP contribution in [0.4, 0.5) is 13.2 Å². The van der Waals surface area contributed by atoms with Crippen molar-refractivity contribution < 1.29 is 48.0 Å². The molecule has 2 fully saturated rings. The summed E-state index contributed by atoms with van der Waals surface area (Å²) < 4.78 is 44.7. The predicted molar refractivity (Wildman–Crippen MR) is 155 cm³/mol. The standard InChI is InChI=1S/C33H39F3N2O7/c34-33(35,36)27-19(15-38(14-17-6-7-17)9-8-16-4-2-1-3-5-16)12-22(39)25-21(27)11-18-10-20-13-23(40)26(31(37)44)30(43)32(20,45)29(42)24(18)28(25)41/h12,16-18,20,39-40,42,45H,1-11,13-15H2,(H2,37,44)/t18?,20-,32-/m0/s1. The van der Waals surface area contributed by atoms with Crippen molar-refractivity contribution in [2.75, 3.05) is 13.1 Å². The number of carbonyl (C=O) groups is 3. The molecule has 0 radical (unpaired) electrons. The van der Waals surface area contributed by atoms with Crippen molar-refractivity contribution in [2.45, 2.75) is 89.0 Å². The molecule has 1 aromatic rings. The average Bonchev–Trinajstić information content (AvgIpc) is 3.77. The Hall–Kier alpha value is -3.38. The number of phenols is 1. The quantitative estimate of drug-likeness (QED) is 0.256. The molecule has 0 spiro atoms. The lowest BCUT2D eigenvalue weighted by atomic mass is 9.60. The smallest absolute Gasteiger partial charge is 0.417 e. The van der Waals surface area contributed by atoms with Crippen molar-refractivity contribution in [2.24, 2.45) is 29.4 Å². The molecule has 0 heterocycles. The number of rotatable bonds is 8. The molecular formula is C33H39F3N2O7. The number of nitrogens with two attached hydrogens (primary N) is 1. The minimum absolute atomic E-state index is 0.0445. The monoisotopic (exact) mass is 632 g/mol. The highest BCUT2D eigenvalue weighted by Gasteiger charge is 2.60. The van der Waals surface area contributed by atoms with Crippen molar-refractivity contribution in [1.82, 2.24) is 4.90 Å². The Bertz CT molecular complexity index is 1510. The highest BCUT2D eigenvalue weighted by Crippen LogP contribution is 2.53. The number of halogens is 3. The molecule has 1 unspecified atom stereocenters. The molecule has 3 atom stereocenters. The van der Waals surface area contributed by atoms with E-state index in [1.807, 2.05) is 4.90 Å². The highest BCUT2D eigenvalue weighted by molar-refractivity contribution is 6.24. The van der Waals surface area contributed by atoms with Gasteiger partial charge in [-0.15, -0.1) is 0 Å². The second-order valence-electron chi connectivity index (χ2n) is 13.7. The molecule has 244 valence electrons. The van der Waals surface area contributed by atoms with E-state index in [9.17, 15) is 48.0 Å². The number of hydrogen-bond donors (Lipinski definition) is 5. The molecule has 5 aliphatic carbocycles. The van der Waals surface area contributed by atoms with Gasteiger partial charge in [-0.3, -0.25) is 19.3 Å². The van der Waals surface area contributed by atoms with Crippen LogP contribution in [0.25, 0.3) is 0 Å². The zero-order chi connectivity index (χ0) is 32.4. The number of alkyl halides is 3. The number of ketones is 2. The molecule has 9 nitrogen and oxygen atoms in total. The predicted octanol–water partition coefficient (Wildman–Crippen LogP) is 4.78. The van der Waals surface area contributed by atoms with Crippen LogP contribution in [0.5, 0.6) is 5.75 Å². The van der Waals surface area contributed by atoms with Gasteiger partial charge in [0.15, 0.2) is 11.4 Å². The SMILES string of the molecule is NC(=O)C1=C(O)C[C@@H]2CC3Cc4c(c(O)cc(CN(CCC5CCCCC5)CC5CC5)c4C(F)(F)F)C(=O)C3=C(O)[C@]2(O)C1=O. The summed E-state index contributed by atoms with van der Waals surface area (Å²) in [6.45, 7) is 1.25. The molecule has 12 heteroatoms. The number of fused-ring (bicyclic) bond motifs is 3. The Kier molecular flexibility index (Phi) is 8.04. The van der Waals surface area contributed by atoms with E-state index >= 15 is 0 Å². The molecule has 0 aliphatic heterocycles. The first kappa shape index (κ1) is 31.6. The van der Waals surface area contributed by atoms with Crippen LogP contribution in [-0.2, 0) is 28.7 Å². The summed E-state index contributed by atoms with van der Waals surface area (Å²) in [6.07, 6.45) is 2.78. The lowest BCUT2D eigenvalue weighted by Gasteiger charge is -2.45. The Morgan fingerprint density at radius 1 is 1.02 bits per heavy atom. The van der Waals surface area contributed by atoms with Gasteiger partial charge in [0, 0.05) is 31.0 Å². The average molecular weight is 633 g/mol. The first-order valence-corrected chi connectivity index (χ1v) is 15.9. The van der Waals surface area contributed by atoms with Gasteiger partial charge in [-0.25, -0.2) is 0 Å². The maximum absolute atomic E-state index is 14.9. The summed E-state index contributed by atoms with van der Waals surface area (Å²) in [7, 11) is 0. The molecule has 6 N–H and O–H groups in total. The summed E-state index contributed by atoms with van der Waals surface area (Å²) >= 11 is 0. The van der Waals surface area contributed by atoms with E-state index in [0.29, 0.717) is 24.9 Å². The first-order valence-electron chi connectivity index (χ1n) is 15.9. The normalized spacial score (nSPS) is 27.5. The highest BCUT2D eigenvalue weighted by atomic mass is 19.4. The Balaban J connectivity index is 1.38. The van der Waals surface area contributed by atoms with Gasteiger partial charge in [-0.05, 0) is 73.6 Å². The number of phenolic OH excluding ortho intramolecular Hbond substituents is 1. The lowest BCUT2D eigenvalue weighted by Crippen LogP contribution is -2.57. The van der Waals surface area contributed by atoms with Crippen molar-refractivity contribution in [1.29, 1.82) is 0 Å². The van der Waals surface area contributed by atoms with Gasteiger partial charge in [0.05, 0.1) is 11.1 Å². The molecule has 0 aromatic heterocycles. The third kappa shape index (κ3) is 5.54. The molecule has 0 saturated heterocycles. The number of aliphatic hydroxyl groups excluding tert-OH is 2. The molecule has 45 heavy (non-hydrogen) atoms. The van der Waals surface area contributed by atoms with Crippen LogP contribution in [0.2, 0.25) is 0 Å². The van der Waals surface area contributed by atoms with Crippen LogP contribution in [-0.4, -0.2) is 61.5 Å². The maximum Gasteiger partial charge on any atom is 0.417 e. The van der Waals surface area contributed by atoms with E-state index in [-0.39, 0.29) is 24.1 Å². The zero-order valence-corrected chi connectivity index (χ0v) is 25.0. The van der Waals surface area contributed by atoms with Crippen LogP contribution < -0.4 is 5.73 Å². The number of hydrogen-bond acceptors (Lipinski definition) is 8. The maximum atomic E-state index is 14.9. The van der Waals surface area contributed by atoms with Crippen molar-refractivity contribution >= 4 is 17.5 Å². The lowest BCUT2D eigenvalue weighted by molar-refractivity contribution is -0.144. The van der Waals surface area contributed by atoms with E-state index in [1.165, 1.54) is 19.3 Å². The number of amides is 1. The van der Waals surface area contributed by atoms with Gasteiger partial charge in [-0.2, -0.15) is 13.2 Å². The van der Waals surface area contributed by atoms with E-state index in [0.717, 1.165) is 38.2 Å². The summed E-state index contributed by atoms with van der Waals surface area (Å²) in [6, 6.07) is 0.982. The number of benzene rings is 1. The van der Waals surface area contributed by atoms with E-state index in [4.69, 9.17) is 5.73 Å². The van der Waals surface area contributed by atoms with Gasteiger partial charge in [0.2, 0.25) is 5.78 Å². The van der Waals surface area contributed by atoms with E-state index in [1.54, 1.807) is 0 Å². The van der Waals surface area contributed by atoms with E-state index in [2.05, 4.69) is 0 Å². The fourth-order valence-corrected chi connectivity index (χ4v) is 8.22. The van der Waals surface area contributed by atoms with Crippen LogP contribution in [0.15, 0.2) is 28.7 Å². The van der Waals surface area contributed by atoms with Crippen LogP contribution in [0.3, 0.4) is 0 Å². The number of primary amides is 1. The molecule has 6 rings (SSSR count). The number of aliphatic hydroxyl groups is 3. The number of carbonyl (C=O) groups excluding carboxylic acids is 3. The summed E-state index contributed by atoms with van der Waals surface area (Å²) in [5, 5.41) is 44.0. The molecule has 5 aliphatic rings. The Labute approximate surface area is 258 Å². The van der Waals surface area contributed by atoms with Gasteiger partial charge < -0.3 is 26.2 Å². The molecule has 0 bridgehead atoms. The van der Waals surface area contributed by atoms with Crippen LogP contribution >= 0.6 is 0 Å². The van der Waals surface area contributed by atoms with E-state index < -0.39 is 93.5 Å². The second kappa shape index (κ2) is 11.5. The summed E-state index contributed by atoms with van der Waals surface area (Å²) in [5.74, 6) is -7.61. The molecule has 2 saturated carbocycles. The second-order valence-corrected chi connectivity index (χ2v) is 13.7. The fourth-order valence-electron chi connectivity index (χ4n) is 8.22. The third-order valence-electron chi connectivity index (χ3n) is 10.6. The number of Topliss-reactive ketones (excluding diaryl/α,β-unsaturated/α-hetero) is 2. The first-order chi connectivity index (χ1) is 21.2. The molecule has 1 aromatic carbocycles. The Morgan fingerprint density at radius 2 is 1.71 bits per heavy atom.